The molecule has 0 aliphatic heterocycles. The Kier molecular flexibility index (Phi) is 4.65. The molecule has 66 valence electrons. The number of alkyl halides is 3. The molecule has 0 saturated carbocycles. The number of ether oxygens (including phenoxy) is 1. The maximum Gasteiger partial charge on any atom is 0.389 e. The van der Waals surface area contributed by atoms with Crippen molar-refractivity contribution in [3.05, 3.63) is 0 Å². The van der Waals surface area contributed by atoms with Crippen LogP contribution in [0.15, 0.2) is 0 Å². The highest BCUT2D eigenvalue weighted by Crippen LogP contribution is 2.21. The average Bonchev–Trinajstić information content (AvgIpc) is 1.85. The summed E-state index contributed by atoms with van der Waals surface area (Å²) in [7, 11) is 0. The highest BCUT2D eigenvalue weighted by atomic mass is 19.4. The fourth-order valence-corrected chi connectivity index (χ4v) is 0.559. The Labute approximate surface area is 62.3 Å². The van der Waals surface area contributed by atoms with Crippen molar-refractivity contribution in [2.45, 2.75) is 25.4 Å². The first-order chi connectivity index (χ1) is 5.06. The molecule has 2 nitrogen and oxygen atoms in total. The molecule has 0 radical (unpaired) electrons. The molecule has 0 amide bonds. The Morgan fingerprint density at radius 3 is 2.36 bits per heavy atom. The van der Waals surface area contributed by atoms with Crippen molar-refractivity contribution in [3.8, 4) is 0 Å². The molecule has 0 N–H and O–H groups in total. The number of carbonyl (C=O) groups is 1. The minimum Gasteiger partial charge on any atom is -0.468 e. The van der Waals surface area contributed by atoms with Crippen molar-refractivity contribution in [3.63, 3.8) is 0 Å². The largest absolute Gasteiger partial charge is 0.468 e. The van der Waals surface area contributed by atoms with Gasteiger partial charge >= 0.3 is 6.18 Å². The van der Waals surface area contributed by atoms with E-state index in [-0.39, 0.29) is 25.9 Å². The topological polar surface area (TPSA) is 26.3 Å². The van der Waals surface area contributed by atoms with Crippen LogP contribution in [-0.4, -0.2) is 19.3 Å². The van der Waals surface area contributed by atoms with E-state index in [1.807, 2.05) is 0 Å². The van der Waals surface area contributed by atoms with E-state index in [0.29, 0.717) is 0 Å². The number of rotatable bonds is 5. The summed E-state index contributed by atoms with van der Waals surface area (Å²) < 4.78 is 38.6. The smallest absolute Gasteiger partial charge is 0.389 e. The van der Waals surface area contributed by atoms with E-state index < -0.39 is 12.6 Å². The molecule has 0 aliphatic carbocycles. The van der Waals surface area contributed by atoms with Gasteiger partial charge in [0.25, 0.3) is 6.47 Å². The molecule has 0 aliphatic rings. The number of hydrogen-bond donors (Lipinski definition) is 0. The van der Waals surface area contributed by atoms with Crippen LogP contribution >= 0.6 is 0 Å². The first-order valence-electron chi connectivity index (χ1n) is 3.18. The molecule has 0 aromatic carbocycles. The third kappa shape index (κ3) is 9.26. The van der Waals surface area contributed by atoms with Gasteiger partial charge in [0.2, 0.25) is 0 Å². The van der Waals surface area contributed by atoms with Crippen molar-refractivity contribution in [1.29, 1.82) is 0 Å². The van der Waals surface area contributed by atoms with E-state index in [2.05, 4.69) is 4.74 Å². The number of halogens is 3. The van der Waals surface area contributed by atoms with E-state index in [0.717, 1.165) is 0 Å². The Hall–Kier alpha value is -0.740. The van der Waals surface area contributed by atoms with Gasteiger partial charge in [0.15, 0.2) is 0 Å². The molecule has 0 rings (SSSR count). The summed E-state index contributed by atoms with van der Waals surface area (Å²) in [6.07, 6.45) is -4.63. The Morgan fingerprint density at radius 2 is 1.91 bits per heavy atom. The molecule has 5 heteroatoms. The predicted octanol–water partition coefficient (Wildman–Crippen LogP) is 1.89. The summed E-state index contributed by atoms with van der Waals surface area (Å²) in [5, 5.41) is 0. The van der Waals surface area contributed by atoms with Crippen LogP contribution in [0.4, 0.5) is 13.2 Å². The van der Waals surface area contributed by atoms with E-state index in [9.17, 15) is 18.0 Å². The molecule has 0 saturated heterocycles. The third-order valence-corrected chi connectivity index (χ3v) is 1.04. The molecule has 0 atom stereocenters. The summed E-state index contributed by atoms with van der Waals surface area (Å²) in [5.41, 5.74) is 0. The Morgan fingerprint density at radius 1 is 1.27 bits per heavy atom. The van der Waals surface area contributed by atoms with Crippen molar-refractivity contribution in [1.82, 2.24) is 0 Å². The Balaban J connectivity index is 3.08. The maximum absolute atomic E-state index is 11.5. The van der Waals surface area contributed by atoms with Crippen LogP contribution in [0, 0.1) is 0 Å². The van der Waals surface area contributed by atoms with Crippen LogP contribution in [0.3, 0.4) is 0 Å². The molecule has 0 fully saturated rings. The molecule has 0 aromatic rings. The zero-order valence-corrected chi connectivity index (χ0v) is 5.86. The van der Waals surface area contributed by atoms with Gasteiger partial charge in [-0.1, -0.05) is 0 Å². The van der Waals surface area contributed by atoms with Gasteiger partial charge in [-0.25, -0.2) is 0 Å². The molecule has 11 heavy (non-hydrogen) atoms. The molecule has 0 heterocycles. The van der Waals surface area contributed by atoms with Gasteiger partial charge in [-0.15, -0.1) is 0 Å². The maximum atomic E-state index is 11.5. The quantitative estimate of drug-likeness (QED) is 0.465. The SMILES string of the molecule is O=COCCCCC(F)(F)F. The zero-order chi connectivity index (χ0) is 8.74. The van der Waals surface area contributed by atoms with E-state index in [1.54, 1.807) is 0 Å². The minimum absolute atomic E-state index is 0.0112. The van der Waals surface area contributed by atoms with Crippen molar-refractivity contribution in [2.75, 3.05) is 6.61 Å². The van der Waals surface area contributed by atoms with Gasteiger partial charge in [0, 0.05) is 6.42 Å². The fourth-order valence-electron chi connectivity index (χ4n) is 0.559. The third-order valence-electron chi connectivity index (χ3n) is 1.04. The van der Waals surface area contributed by atoms with Crippen LogP contribution < -0.4 is 0 Å². The van der Waals surface area contributed by atoms with Gasteiger partial charge in [-0.05, 0) is 12.8 Å². The summed E-state index contributed by atoms with van der Waals surface area (Å²) in [5.74, 6) is 0. The lowest BCUT2D eigenvalue weighted by molar-refractivity contribution is -0.136. The number of carbonyl (C=O) groups excluding carboxylic acids is 1. The molecular formula is C6H9F3O2. The monoisotopic (exact) mass is 170 g/mol. The lowest BCUT2D eigenvalue weighted by Gasteiger charge is -2.04. The lowest BCUT2D eigenvalue weighted by Crippen LogP contribution is -2.07. The highest BCUT2D eigenvalue weighted by Gasteiger charge is 2.25. The highest BCUT2D eigenvalue weighted by molar-refractivity contribution is 5.36. The normalized spacial score (nSPS) is 11.2. The first-order valence-corrected chi connectivity index (χ1v) is 3.18. The molecule has 0 unspecified atom stereocenters. The van der Waals surface area contributed by atoms with E-state index in [4.69, 9.17) is 0 Å². The fraction of sp³-hybridized carbons (Fsp3) is 0.833. The summed E-state index contributed by atoms with van der Waals surface area (Å²) >= 11 is 0. The van der Waals surface area contributed by atoms with Crippen molar-refractivity contribution < 1.29 is 22.7 Å². The number of unbranched alkanes of at least 4 members (excludes halogenated alkanes) is 1. The zero-order valence-electron chi connectivity index (χ0n) is 5.86. The van der Waals surface area contributed by atoms with Crippen molar-refractivity contribution in [2.24, 2.45) is 0 Å². The van der Waals surface area contributed by atoms with Crippen LogP contribution in [0.5, 0.6) is 0 Å². The average molecular weight is 170 g/mol. The second-order valence-electron chi connectivity index (χ2n) is 2.04. The van der Waals surface area contributed by atoms with Crippen molar-refractivity contribution >= 4 is 6.47 Å². The summed E-state index contributed by atoms with van der Waals surface area (Å²) in [6, 6.07) is 0. The summed E-state index contributed by atoms with van der Waals surface area (Å²) in [6.45, 7) is 0.299. The van der Waals surface area contributed by atoms with Crippen LogP contribution in [0.2, 0.25) is 0 Å². The molecule has 0 spiro atoms. The molecule has 0 aromatic heterocycles. The predicted molar refractivity (Wildman–Crippen MR) is 31.9 cm³/mol. The summed E-state index contributed by atoms with van der Waals surface area (Å²) in [4.78, 5) is 9.52. The lowest BCUT2D eigenvalue weighted by atomic mass is 10.2. The van der Waals surface area contributed by atoms with Gasteiger partial charge in [-0.3, -0.25) is 4.79 Å². The second kappa shape index (κ2) is 4.98. The van der Waals surface area contributed by atoms with Gasteiger partial charge in [0.05, 0.1) is 6.61 Å². The number of hydrogen-bond acceptors (Lipinski definition) is 2. The molecule has 0 bridgehead atoms. The van der Waals surface area contributed by atoms with Crippen LogP contribution in [0.25, 0.3) is 0 Å². The van der Waals surface area contributed by atoms with Gasteiger partial charge in [-0.2, -0.15) is 13.2 Å². The minimum atomic E-state index is -4.10. The van der Waals surface area contributed by atoms with Gasteiger partial charge < -0.3 is 4.74 Å². The standard InChI is InChI=1S/C6H9F3O2/c7-6(8,9)3-1-2-4-11-5-10/h5H,1-4H2. The molecular weight excluding hydrogens is 161 g/mol. The first kappa shape index (κ1) is 10.3. The van der Waals surface area contributed by atoms with Crippen LogP contribution in [-0.2, 0) is 9.53 Å². The van der Waals surface area contributed by atoms with E-state index in [1.165, 1.54) is 0 Å². The van der Waals surface area contributed by atoms with Gasteiger partial charge in [0.1, 0.15) is 0 Å². The second-order valence-corrected chi connectivity index (χ2v) is 2.04. The van der Waals surface area contributed by atoms with Crippen LogP contribution in [0.1, 0.15) is 19.3 Å². The van der Waals surface area contributed by atoms with E-state index >= 15 is 0 Å². The Bertz CT molecular complexity index is 111.